The van der Waals surface area contributed by atoms with Crippen molar-refractivity contribution in [3.05, 3.63) is 40.2 Å². The molecule has 1 atom stereocenters. The number of nitrogens with one attached hydrogen (secondary N) is 2. The van der Waals surface area contributed by atoms with Crippen LogP contribution in [0.15, 0.2) is 33.3 Å². The van der Waals surface area contributed by atoms with Crippen molar-refractivity contribution in [1.82, 2.24) is 20.5 Å². The van der Waals surface area contributed by atoms with Gasteiger partial charge in [-0.25, -0.2) is 4.98 Å². The lowest BCUT2D eigenvalue weighted by Gasteiger charge is -2.26. The summed E-state index contributed by atoms with van der Waals surface area (Å²) in [7, 11) is 1.80. The van der Waals surface area contributed by atoms with E-state index in [1.54, 1.807) is 24.6 Å². The summed E-state index contributed by atoms with van der Waals surface area (Å²) in [5.41, 5.74) is 2.96. The van der Waals surface area contributed by atoms with Gasteiger partial charge in [0, 0.05) is 18.5 Å². The Morgan fingerprint density at radius 3 is 2.80 bits per heavy atom. The van der Waals surface area contributed by atoms with Gasteiger partial charge in [0.25, 0.3) is 0 Å². The number of hydrogen-bond donors (Lipinski definition) is 2. The molecule has 6 nitrogen and oxygen atoms in total. The molecule has 2 aromatic rings. The van der Waals surface area contributed by atoms with Crippen molar-refractivity contribution in [1.29, 1.82) is 0 Å². The fourth-order valence-corrected chi connectivity index (χ4v) is 3.73. The predicted molar refractivity (Wildman–Crippen MR) is 113 cm³/mol. The molecule has 0 bridgehead atoms. The number of aliphatic imine (C=N–C) groups is 1. The summed E-state index contributed by atoms with van der Waals surface area (Å²) < 4.78 is 5.66. The highest BCUT2D eigenvalue weighted by atomic mass is 127. The Hall–Kier alpha value is -1.13. The Labute approximate surface area is 170 Å². The number of halogens is 1. The van der Waals surface area contributed by atoms with Crippen LogP contribution >= 0.6 is 35.3 Å². The molecular weight excluding hydrogens is 449 g/mol. The standard InChI is InChI=1S/C17H25N5OS.HI/c1-13-16(24-12-21-13)11-20-17(18-2)19-10-14(15-6-5-9-23-15)22-7-3-4-8-22;/h5-6,9,12,14H,3-4,7-8,10-11H2,1-2H3,(H2,18,19,20);1H. The van der Waals surface area contributed by atoms with Crippen LogP contribution < -0.4 is 10.6 Å². The van der Waals surface area contributed by atoms with Crippen LogP contribution in [0.1, 0.15) is 35.2 Å². The van der Waals surface area contributed by atoms with Gasteiger partial charge in [0.2, 0.25) is 0 Å². The van der Waals surface area contributed by atoms with Crippen molar-refractivity contribution in [3.63, 3.8) is 0 Å². The second kappa shape index (κ2) is 10.1. The first-order valence-corrected chi connectivity index (χ1v) is 9.27. The first kappa shape index (κ1) is 20.2. The maximum atomic E-state index is 5.66. The molecule has 1 fully saturated rings. The summed E-state index contributed by atoms with van der Waals surface area (Å²) in [5, 5.41) is 6.80. The summed E-state index contributed by atoms with van der Waals surface area (Å²) in [6.07, 6.45) is 4.27. The SMILES string of the molecule is CN=C(NCc1scnc1C)NCC(c1ccco1)N1CCCC1.I. The van der Waals surface area contributed by atoms with Crippen molar-refractivity contribution < 1.29 is 4.42 Å². The lowest BCUT2D eigenvalue weighted by Crippen LogP contribution is -2.42. The van der Waals surface area contributed by atoms with E-state index >= 15 is 0 Å². The third kappa shape index (κ3) is 5.42. The van der Waals surface area contributed by atoms with Crippen LogP contribution in [-0.4, -0.2) is 42.5 Å². The predicted octanol–water partition coefficient (Wildman–Crippen LogP) is 3.16. The summed E-state index contributed by atoms with van der Waals surface area (Å²) >= 11 is 1.67. The van der Waals surface area contributed by atoms with Gasteiger partial charge in [-0.3, -0.25) is 9.89 Å². The van der Waals surface area contributed by atoms with Gasteiger partial charge in [-0.05, 0) is 45.0 Å². The van der Waals surface area contributed by atoms with E-state index in [1.165, 1.54) is 17.7 Å². The van der Waals surface area contributed by atoms with Gasteiger partial charge >= 0.3 is 0 Å². The number of hydrogen-bond acceptors (Lipinski definition) is 5. The van der Waals surface area contributed by atoms with Gasteiger partial charge in [-0.1, -0.05) is 0 Å². The zero-order valence-corrected chi connectivity index (χ0v) is 17.8. The molecule has 3 heterocycles. The number of aromatic nitrogens is 1. The lowest BCUT2D eigenvalue weighted by atomic mass is 10.2. The van der Waals surface area contributed by atoms with Crippen molar-refractivity contribution in [2.24, 2.45) is 4.99 Å². The normalized spacial score (nSPS) is 16.5. The highest BCUT2D eigenvalue weighted by Gasteiger charge is 2.25. The largest absolute Gasteiger partial charge is 0.468 e. The van der Waals surface area contributed by atoms with E-state index in [-0.39, 0.29) is 30.0 Å². The van der Waals surface area contributed by atoms with Crippen LogP contribution in [0, 0.1) is 6.92 Å². The monoisotopic (exact) mass is 475 g/mol. The average Bonchev–Trinajstić information content (AvgIpc) is 3.34. The summed E-state index contributed by atoms with van der Waals surface area (Å²) in [6.45, 7) is 5.79. The van der Waals surface area contributed by atoms with E-state index in [4.69, 9.17) is 4.42 Å². The highest BCUT2D eigenvalue weighted by Crippen LogP contribution is 2.24. The van der Waals surface area contributed by atoms with Gasteiger partial charge in [0.15, 0.2) is 5.96 Å². The number of thiazole rings is 1. The van der Waals surface area contributed by atoms with Crippen LogP contribution in [0.3, 0.4) is 0 Å². The van der Waals surface area contributed by atoms with E-state index in [2.05, 4.69) is 31.6 Å². The molecule has 8 heteroatoms. The molecule has 0 aromatic carbocycles. The van der Waals surface area contributed by atoms with Crippen LogP contribution in [0.5, 0.6) is 0 Å². The minimum Gasteiger partial charge on any atom is -0.468 e. The Balaban J connectivity index is 0.00000225. The van der Waals surface area contributed by atoms with E-state index in [9.17, 15) is 0 Å². The quantitative estimate of drug-likeness (QED) is 0.382. The molecule has 1 saturated heterocycles. The van der Waals surface area contributed by atoms with E-state index in [1.807, 2.05) is 18.5 Å². The molecule has 0 radical (unpaired) electrons. The number of guanidine groups is 1. The van der Waals surface area contributed by atoms with E-state index in [0.717, 1.165) is 43.6 Å². The molecule has 0 spiro atoms. The molecule has 2 N–H and O–H groups in total. The zero-order valence-electron chi connectivity index (χ0n) is 14.7. The molecule has 1 aliphatic rings. The highest BCUT2D eigenvalue weighted by molar-refractivity contribution is 14.0. The third-order valence-electron chi connectivity index (χ3n) is 4.40. The zero-order chi connectivity index (χ0) is 16.8. The van der Waals surface area contributed by atoms with E-state index < -0.39 is 0 Å². The van der Waals surface area contributed by atoms with Gasteiger partial charge in [0.05, 0.1) is 30.1 Å². The Morgan fingerprint density at radius 1 is 1.40 bits per heavy atom. The Morgan fingerprint density at radius 2 is 2.20 bits per heavy atom. The van der Waals surface area contributed by atoms with E-state index in [0.29, 0.717) is 0 Å². The maximum Gasteiger partial charge on any atom is 0.191 e. The molecule has 0 amide bonds. The topological polar surface area (TPSA) is 65.7 Å². The molecule has 3 rings (SSSR count). The summed E-state index contributed by atoms with van der Waals surface area (Å²) in [5.74, 6) is 1.82. The van der Waals surface area contributed by atoms with Crippen molar-refractivity contribution in [3.8, 4) is 0 Å². The first-order chi connectivity index (χ1) is 11.8. The van der Waals surface area contributed by atoms with Crippen molar-refractivity contribution in [2.45, 2.75) is 32.4 Å². The first-order valence-electron chi connectivity index (χ1n) is 8.39. The van der Waals surface area contributed by atoms with Gasteiger partial charge in [0.1, 0.15) is 5.76 Å². The minimum atomic E-state index is 0. The summed E-state index contributed by atoms with van der Waals surface area (Å²) in [6, 6.07) is 4.26. The number of nitrogens with zero attached hydrogens (tertiary/aromatic N) is 3. The second-order valence-corrected chi connectivity index (χ2v) is 6.88. The maximum absolute atomic E-state index is 5.66. The number of likely N-dealkylation sites (tertiary alicyclic amines) is 1. The summed E-state index contributed by atoms with van der Waals surface area (Å²) in [4.78, 5) is 12.3. The molecule has 0 aliphatic carbocycles. The van der Waals surface area contributed by atoms with Gasteiger partial charge in [-0.15, -0.1) is 35.3 Å². The number of furan rings is 1. The van der Waals surface area contributed by atoms with Crippen LogP contribution in [0.25, 0.3) is 0 Å². The molecule has 2 aromatic heterocycles. The van der Waals surface area contributed by atoms with Crippen molar-refractivity contribution in [2.75, 3.05) is 26.7 Å². The third-order valence-corrected chi connectivity index (χ3v) is 5.34. The Bertz CT molecular complexity index is 652. The van der Waals surface area contributed by atoms with Gasteiger partial charge < -0.3 is 15.1 Å². The number of rotatable bonds is 6. The second-order valence-electron chi connectivity index (χ2n) is 5.94. The molecular formula is C17H26IN5OS. The van der Waals surface area contributed by atoms with Crippen LogP contribution in [0.2, 0.25) is 0 Å². The smallest absolute Gasteiger partial charge is 0.191 e. The van der Waals surface area contributed by atoms with Crippen molar-refractivity contribution >= 4 is 41.3 Å². The molecule has 1 aliphatic heterocycles. The Kier molecular flexibility index (Phi) is 8.17. The molecule has 0 saturated carbocycles. The molecule has 25 heavy (non-hydrogen) atoms. The van der Waals surface area contributed by atoms with Crippen LogP contribution in [-0.2, 0) is 6.54 Å². The molecule has 1 unspecified atom stereocenters. The van der Waals surface area contributed by atoms with Gasteiger partial charge in [-0.2, -0.15) is 0 Å². The lowest BCUT2D eigenvalue weighted by molar-refractivity contribution is 0.215. The van der Waals surface area contributed by atoms with Crippen LogP contribution in [0.4, 0.5) is 0 Å². The fraction of sp³-hybridized carbons (Fsp3) is 0.529. The molecule has 138 valence electrons. The fourth-order valence-electron chi connectivity index (χ4n) is 3.02. The number of aryl methyl sites for hydroxylation is 1. The average molecular weight is 475 g/mol. The minimum absolute atomic E-state index is 0.